The SMILES string of the molecule is CCCCC/C=C\C/C=C\CCCCCCCCCCCCCC(=O)NC(COP(=O)([O-])OCC[N+](C)(C)C)C(/C=C/CCCCCCCCCCCCC)OC(=O)CCCCCCCCCCCCC. The average Bonchev–Trinajstić information content (AvgIpc) is 3.33. The van der Waals surface area contributed by atoms with E-state index in [4.69, 9.17) is 13.8 Å². The Kier molecular flexibility index (Phi) is 50.4. The number of phosphoric ester groups is 1. The fourth-order valence-electron chi connectivity index (χ4n) is 8.85. The van der Waals surface area contributed by atoms with Crippen molar-refractivity contribution < 1.29 is 37.3 Å². The van der Waals surface area contributed by atoms with E-state index < -0.39 is 20.0 Å². The standard InChI is InChI=1S/C61H117N2O7P/c1-7-10-13-16-19-22-25-27-28-29-30-31-32-33-34-36-39-41-44-47-50-53-60(64)62-58(57-69-71(66,67)68-56-55-63(4,5)6)59(52-49-46-43-40-38-35-26-23-20-17-14-11-8-2)70-61(65)54-51-48-45-42-37-24-21-18-15-12-9-3/h19,22,27-28,49,52,58-59H,7-18,20-21,23-26,29-48,50-51,53-57H2,1-6H3,(H-,62,64,66,67)/b22-19-,28-27-,52-49+. The van der Waals surface area contributed by atoms with Gasteiger partial charge in [0.1, 0.15) is 19.3 Å². The average molecular weight is 1020 g/mol. The monoisotopic (exact) mass is 1020 g/mol. The summed E-state index contributed by atoms with van der Waals surface area (Å²) in [6.45, 7) is 6.83. The summed E-state index contributed by atoms with van der Waals surface area (Å²) in [5, 5.41) is 3.03. The smallest absolute Gasteiger partial charge is 0.306 e. The third kappa shape index (κ3) is 52.9. The molecule has 0 aliphatic heterocycles. The lowest BCUT2D eigenvalue weighted by atomic mass is 10.0. The molecule has 0 aliphatic rings. The molecule has 3 unspecified atom stereocenters. The second-order valence-electron chi connectivity index (χ2n) is 21.9. The zero-order chi connectivity index (χ0) is 52.2. The van der Waals surface area contributed by atoms with E-state index in [1.807, 2.05) is 33.3 Å². The number of likely N-dealkylation sites (N-methyl/N-ethyl adjacent to an activating group) is 1. The zero-order valence-electron chi connectivity index (χ0n) is 47.7. The molecule has 0 spiro atoms. The van der Waals surface area contributed by atoms with Gasteiger partial charge in [0.25, 0.3) is 7.82 Å². The first kappa shape index (κ1) is 69.2. The minimum absolute atomic E-state index is 0.0204. The number of amides is 1. The fraction of sp³-hybridized carbons (Fsp3) is 0.869. The van der Waals surface area contributed by atoms with Gasteiger partial charge in [0.15, 0.2) is 0 Å². The summed E-state index contributed by atoms with van der Waals surface area (Å²) in [4.78, 5) is 39.9. The van der Waals surface area contributed by atoms with Gasteiger partial charge in [-0.3, -0.25) is 14.2 Å². The Balaban J connectivity index is 5.20. The van der Waals surface area contributed by atoms with Gasteiger partial charge in [-0.25, -0.2) is 0 Å². The highest BCUT2D eigenvalue weighted by Crippen LogP contribution is 2.38. The van der Waals surface area contributed by atoms with Crippen LogP contribution in [-0.4, -0.2) is 69.4 Å². The summed E-state index contributed by atoms with van der Waals surface area (Å²) in [5.74, 6) is -0.533. The lowest BCUT2D eigenvalue weighted by Crippen LogP contribution is -2.47. The van der Waals surface area contributed by atoms with E-state index in [0.29, 0.717) is 17.4 Å². The summed E-state index contributed by atoms with van der Waals surface area (Å²) in [6, 6.07) is -0.884. The highest BCUT2D eigenvalue weighted by molar-refractivity contribution is 7.45. The molecule has 0 saturated heterocycles. The van der Waals surface area contributed by atoms with Gasteiger partial charge in [0, 0.05) is 12.8 Å². The van der Waals surface area contributed by atoms with Crippen molar-refractivity contribution in [3.05, 3.63) is 36.5 Å². The minimum atomic E-state index is -4.69. The van der Waals surface area contributed by atoms with Gasteiger partial charge in [-0.05, 0) is 63.9 Å². The Morgan fingerprint density at radius 2 is 0.859 bits per heavy atom. The lowest BCUT2D eigenvalue weighted by Gasteiger charge is -2.30. The predicted octanol–water partition coefficient (Wildman–Crippen LogP) is 17.7. The maximum atomic E-state index is 13.5. The molecule has 0 rings (SSSR count). The first-order chi connectivity index (χ1) is 34.4. The second-order valence-corrected chi connectivity index (χ2v) is 23.3. The van der Waals surface area contributed by atoms with Crippen LogP contribution in [0.15, 0.2) is 36.5 Å². The number of carbonyl (C=O) groups excluding carboxylic acids is 2. The van der Waals surface area contributed by atoms with Crippen molar-refractivity contribution >= 4 is 19.7 Å². The quantitative estimate of drug-likeness (QED) is 0.0212. The van der Waals surface area contributed by atoms with Gasteiger partial charge in [-0.15, -0.1) is 0 Å². The molecular formula is C61H117N2O7P. The molecule has 71 heavy (non-hydrogen) atoms. The molecule has 10 heteroatoms. The topological polar surface area (TPSA) is 114 Å². The summed E-state index contributed by atoms with van der Waals surface area (Å²) in [7, 11) is 1.19. The van der Waals surface area contributed by atoms with Gasteiger partial charge in [-0.2, -0.15) is 0 Å². The number of carbonyl (C=O) groups is 2. The first-order valence-electron chi connectivity index (χ1n) is 30.3. The molecule has 0 fully saturated rings. The van der Waals surface area contributed by atoms with E-state index in [1.54, 1.807) is 0 Å². The summed E-state index contributed by atoms with van der Waals surface area (Å²) >= 11 is 0. The number of hydrogen-bond acceptors (Lipinski definition) is 7. The number of esters is 1. The Morgan fingerprint density at radius 1 is 0.493 bits per heavy atom. The fourth-order valence-corrected chi connectivity index (χ4v) is 9.57. The number of hydrogen-bond donors (Lipinski definition) is 1. The molecule has 0 saturated carbocycles. The van der Waals surface area contributed by atoms with Crippen LogP contribution in [0.3, 0.4) is 0 Å². The number of quaternary nitrogens is 1. The highest BCUT2D eigenvalue weighted by Gasteiger charge is 2.27. The molecule has 3 atom stereocenters. The van der Waals surface area contributed by atoms with Crippen LogP contribution >= 0.6 is 7.82 Å². The number of nitrogens with one attached hydrogen (secondary N) is 1. The normalized spacial score (nSPS) is 14.0. The Bertz CT molecular complexity index is 1310. The largest absolute Gasteiger partial charge is 0.756 e. The molecule has 0 aromatic heterocycles. The molecule has 9 nitrogen and oxygen atoms in total. The molecule has 0 radical (unpaired) electrons. The first-order valence-corrected chi connectivity index (χ1v) is 31.8. The van der Waals surface area contributed by atoms with Gasteiger partial charge >= 0.3 is 5.97 Å². The number of ether oxygens (including phenoxy) is 1. The number of allylic oxidation sites excluding steroid dienone is 5. The van der Waals surface area contributed by atoms with Gasteiger partial charge < -0.3 is 28.5 Å². The van der Waals surface area contributed by atoms with Gasteiger partial charge in [0.05, 0.1) is 33.8 Å². The number of nitrogens with zero attached hydrogens (tertiary/aromatic N) is 1. The van der Waals surface area contributed by atoms with E-state index in [0.717, 1.165) is 64.2 Å². The van der Waals surface area contributed by atoms with Crippen LogP contribution in [0.4, 0.5) is 0 Å². The number of phosphoric acid groups is 1. The Morgan fingerprint density at radius 3 is 1.30 bits per heavy atom. The number of rotatable bonds is 55. The van der Waals surface area contributed by atoms with Gasteiger partial charge in [-0.1, -0.05) is 250 Å². The van der Waals surface area contributed by atoms with Crippen molar-refractivity contribution in [1.82, 2.24) is 5.32 Å². The number of unbranched alkanes of at least 4 members (excludes halogenated alkanes) is 35. The Hall–Kier alpha value is -1.77. The van der Waals surface area contributed by atoms with Crippen LogP contribution in [0, 0.1) is 0 Å². The lowest BCUT2D eigenvalue weighted by molar-refractivity contribution is -0.870. The van der Waals surface area contributed by atoms with Crippen LogP contribution in [0.2, 0.25) is 0 Å². The van der Waals surface area contributed by atoms with Crippen molar-refractivity contribution in [3.63, 3.8) is 0 Å². The van der Waals surface area contributed by atoms with Crippen molar-refractivity contribution in [2.75, 3.05) is 40.9 Å². The molecule has 0 heterocycles. The van der Waals surface area contributed by atoms with E-state index in [-0.39, 0.29) is 31.5 Å². The van der Waals surface area contributed by atoms with E-state index >= 15 is 0 Å². The minimum Gasteiger partial charge on any atom is -0.756 e. The van der Waals surface area contributed by atoms with Crippen molar-refractivity contribution in [3.8, 4) is 0 Å². The van der Waals surface area contributed by atoms with Crippen LogP contribution in [-0.2, 0) is 27.9 Å². The van der Waals surface area contributed by atoms with Crippen molar-refractivity contribution in [1.29, 1.82) is 0 Å². The zero-order valence-corrected chi connectivity index (χ0v) is 48.6. The molecule has 0 aliphatic carbocycles. The molecule has 1 amide bonds. The van der Waals surface area contributed by atoms with Crippen molar-refractivity contribution in [2.45, 2.75) is 303 Å². The molecule has 1 N–H and O–H groups in total. The molecule has 0 aromatic carbocycles. The van der Waals surface area contributed by atoms with Crippen molar-refractivity contribution in [2.24, 2.45) is 0 Å². The molecule has 0 aromatic rings. The van der Waals surface area contributed by atoms with E-state index in [2.05, 4.69) is 50.4 Å². The maximum absolute atomic E-state index is 13.5. The molecule has 418 valence electrons. The van der Waals surface area contributed by atoms with E-state index in [9.17, 15) is 19.0 Å². The van der Waals surface area contributed by atoms with Gasteiger partial charge in [0.2, 0.25) is 5.91 Å². The Labute approximate surface area is 440 Å². The van der Waals surface area contributed by atoms with E-state index in [1.165, 1.54) is 193 Å². The molecule has 0 bridgehead atoms. The summed E-state index contributed by atoms with van der Waals surface area (Å²) < 4.78 is 30.3. The van der Waals surface area contributed by atoms with Crippen LogP contribution in [0.1, 0.15) is 290 Å². The molecular weight excluding hydrogens is 904 g/mol. The predicted molar refractivity (Wildman–Crippen MR) is 303 cm³/mol. The maximum Gasteiger partial charge on any atom is 0.306 e. The summed E-state index contributed by atoms with van der Waals surface area (Å²) in [5.41, 5.74) is 0. The van der Waals surface area contributed by atoms with Crippen LogP contribution in [0.5, 0.6) is 0 Å². The van der Waals surface area contributed by atoms with Crippen LogP contribution < -0.4 is 10.2 Å². The highest BCUT2D eigenvalue weighted by atomic mass is 31.2. The summed E-state index contributed by atoms with van der Waals surface area (Å²) in [6.07, 6.45) is 61.0. The second kappa shape index (κ2) is 51.7. The van der Waals surface area contributed by atoms with Crippen LogP contribution in [0.25, 0.3) is 0 Å². The third-order valence-corrected chi connectivity index (χ3v) is 14.5. The third-order valence-electron chi connectivity index (χ3n) is 13.6.